The Hall–Kier alpha value is -3.37. The summed E-state index contributed by atoms with van der Waals surface area (Å²) >= 11 is 0. The number of nitrogen functional groups attached to an aromatic ring is 1. The second-order valence-electron chi connectivity index (χ2n) is 7.58. The number of hydrogen-bond donors (Lipinski definition) is 2. The van der Waals surface area contributed by atoms with Crippen molar-refractivity contribution in [1.29, 1.82) is 0 Å². The van der Waals surface area contributed by atoms with E-state index in [1.807, 2.05) is 11.7 Å². The predicted molar refractivity (Wildman–Crippen MR) is 123 cm³/mol. The Bertz CT molecular complexity index is 989. The number of aromatic nitrogens is 2. The molecule has 0 saturated carbocycles. The maximum atomic E-state index is 6.44. The molecule has 4 aromatic rings. The Morgan fingerprint density at radius 2 is 1.20 bits per heavy atom. The lowest BCUT2D eigenvalue weighted by Crippen LogP contribution is -2.34. The van der Waals surface area contributed by atoms with Gasteiger partial charge in [-0.15, -0.1) is 0 Å². The van der Waals surface area contributed by atoms with Gasteiger partial charge < -0.3 is 11.5 Å². The number of aryl methyl sites for hydroxylation is 1. The monoisotopic (exact) mass is 396 g/mol. The van der Waals surface area contributed by atoms with Gasteiger partial charge in [0.25, 0.3) is 0 Å². The minimum absolute atomic E-state index is 0.549. The van der Waals surface area contributed by atoms with Crippen molar-refractivity contribution in [1.82, 2.24) is 9.78 Å². The van der Waals surface area contributed by atoms with Crippen molar-refractivity contribution in [2.75, 3.05) is 12.3 Å². The first kappa shape index (κ1) is 19.9. The first-order valence-electron chi connectivity index (χ1n) is 10.4. The van der Waals surface area contributed by atoms with Crippen molar-refractivity contribution in [2.45, 2.75) is 18.3 Å². The number of benzene rings is 3. The lowest BCUT2D eigenvalue weighted by molar-refractivity contribution is 0.613. The van der Waals surface area contributed by atoms with Gasteiger partial charge in [-0.1, -0.05) is 91.0 Å². The number of hydrogen-bond acceptors (Lipinski definition) is 3. The molecule has 0 spiro atoms. The van der Waals surface area contributed by atoms with E-state index in [-0.39, 0.29) is 0 Å². The van der Waals surface area contributed by atoms with Gasteiger partial charge in [0.1, 0.15) is 5.82 Å². The molecule has 1 aromatic heterocycles. The average Bonchev–Trinajstić information content (AvgIpc) is 3.08. The number of anilines is 1. The van der Waals surface area contributed by atoms with Crippen LogP contribution in [0, 0.1) is 0 Å². The van der Waals surface area contributed by atoms with Gasteiger partial charge in [-0.25, -0.2) is 0 Å². The summed E-state index contributed by atoms with van der Waals surface area (Å²) in [5.41, 5.74) is 17.5. The molecule has 4 heteroatoms. The first-order valence-corrected chi connectivity index (χ1v) is 10.4. The molecule has 0 aliphatic heterocycles. The van der Waals surface area contributed by atoms with E-state index in [4.69, 9.17) is 11.5 Å². The Labute approximate surface area is 178 Å². The fourth-order valence-electron chi connectivity index (χ4n) is 4.56. The largest absolute Gasteiger partial charge is 0.382 e. The molecule has 4 N–H and O–H groups in total. The summed E-state index contributed by atoms with van der Waals surface area (Å²) < 4.78 is 1.95. The Morgan fingerprint density at radius 3 is 1.60 bits per heavy atom. The molecule has 0 radical (unpaired) electrons. The standard InChI is InChI=1S/C26H28N4/c1-30-24(23(18-11-19-27)25(28)29-30)26(20-12-5-2-6-13-20,21-14-7-3-8-15-21)22-16-9-4-10-17-22/h2-10,12-17H,11,18-19,27H2,1H3,(H2,28,29). The third kappa shape index (κ3) is 3.29. The van der Waals surface area contributed by atoms with Crippen LogP contribution < -0.4 is 11.5 Å². The fourth-order valence-corrected chi connectivity index (χ4v) is 4.56. The number of nitrogens with two attached hydrogens (primary N) is 2. The van der Waals surface area contributed by atoms with Crippen LogP contribution in [0.25, 0.3) is 0 Å². The zero-order chi connectivity index (χ0) is 21.0. The van der Waals surface area contributed by atoms with Gasteiger partial charge in [0, 0.05) is 12.6 Å². The highest BCUT2D eigenvalue weighted by Gasteiger charge is 2.43. The van der Waals surface area contributed by atoms with Crippen molar-refractivity contribution in [3.8, 4) is 0 Å². The molecule has 0 aliphatic rings. The SMILES string of the molecule is Cn1nc(N)c(CCCN)c1C(c1ccccc1)(c1ccccc1)c1ccccc1. The summed E-state index contributed by atoms with van der Waals surface area (Å²) in [5.74, 6) is 0.577. The second-order valence-corrected chi connectivity index (χ2v) is 7.58. The molecule has 0 atom stereocenters. The molecule has 0 fully saturated rings. The smallest absolute Gasteiger partial charge is 0.148 e. The van der Waals surface area contributed by atoms with Crippen molar-refractivity contribution in [3.63, 3.8) is 0 Å². The van der Waals surface area contributed by atoms with Gasteiger partial charge in [-0.2, -0.15) is 5.10 Å². The zero-order valence-corrected chi connectivity index (χ0v) is 17.3. The van der Waals surface area contributed by atoms with Crippen molar-refractivity contribution in [2.24, 2.45) is 12.8 Å². The molecule has 0 aliphatic carbocycles. The van der Waals surface area contributed by atoms with Gasteiger partial charge in [-0.05, 0) is 36.1 Å². The topological polar surface area (TPSA) is 69.9 Å². The highest BCUT2D eigenvalue weighted by molar-refractivity contribution is 5.62. The van der Waals surface area contributed by atoms with E-state index in [2.05, 4.69) is 96.1 Å². The summed E-state index contributed by atoms with van der Waals surface area (Å²) in [6.07, 6.45) is 1.65. The van der Waals surface area contributed by atoms with E-state index in [1.165, 1.54) is 16.7 Å². The van der Waals surface area contributed by atoms with Crippen LogP contribution in [-0.2, 0) is 18.9 Å². The zero-order valence-electron chi connectivity index (χ0n) is 17.3. The molecule has 3 aromatic carbocycles. The Morgan fingerprint density at radius 1 is 0.767 bits per heavy atom. The molecule has 30 heavy (non-hydrogen) atoms. The van der Waals surface area contributed by atoms with Gasteiger partial charge in [0.05, 0.1) is 11.1 Å². The van der Waals surface area contributed by atoms with Crippen LogP contribution in [0.1, 0.15) is 34.4 Å². The molecule has 0 amide bonds. The van der Waals surface area contributed by atoms with Gasteiger partial charge >= 0.3 is 0 Å². The third-order valence-corrected chi connectivity index (χ3v) is 5.78. The minimum atomic E-state index is -0.549. The first-order chi connectivity index (χ1) is 14.7. The quantitative estimate of drug-likeness (QED) is 0.458. The van der Waals surface area contributed by atoms with Crippen LogP contribution >= 0.6 is 0 Å². The van der Waals surface area contributed by atoms with E-state index in [9.17, 15) is 0 Å². The van der Waals surface area contributed by atoms with Gasteiger partial charge in [0.15, 0.2) is 0 Å². The maximum absolute atomic E-state index is 6.44. The third-order valence-electron chi connectivity index (χ3n) is 5.78. The molecular formula is C26H28N4. The summed E-state index contributed by atoms with van der Waals surface area (Å²) in [4.78, 5) is 0. The van der Waals surface area contributed by atoms with Crippen molar-refractivity contribution in [3.05, 3.63) is 119 Å². The van der Waals surface area contributed by atoms with Crippen LogP contribution in [-0.4, -0.2) is 16.3 Å². The predicted octanol–water partition coefficient (Wildman–Crippen LogP) is 4.28. The van der Waals surface area contributed by atoms with Crippen LogP contribution in [0.2, 0.25) is 0 Å². The molecule has 4 rings (SSSR count). The fraction of sp³-hybridized carbons (Fsp3) is 0.192. The highest BCUT2D eigenvalue weighted by Crippen LogP contribution is 2.47. The summed E-state index contributed by atoms with van der Waals surface area (Å²) in [6.45, 7) is 0.614. The summed E-state index contributed by atoms with van der Waals surface area (Å²) in [5, 5.41) is 4.66. The van der Waals surface area contributed by atoms with Crippen molar-refractivity contribution < 1.29 is 0 Å². The van der Waals surface area contributed by atoms with Crippen LogP contribution in [0.15, 0.2) is 91.0 Å². The summed E-state index contributed by atoms with van der Waals surface area (Å²) in [6, 6.07) is 31.9. The van der Waals surface area contributed by atoms with E-state index < -0.39 is 5.41 Å². The van der Waals surface area contributed by atoms with E-state index in [1.54, 1.807) is 0 Å². The Kier molecular flexibility index (Phi) is 5.68. The van der Waals surface area contributed by atoms with Crippen LogP contribution in [0.5, 0.6) is 0 Å². The molecule has 0 unspecified atom stereocenters. The van der Waals surface area contributed by atoms with E-state index in [0.29, 0.717) is 12.4 Å². The second kappa shape index (κ2) is 8.56. The van der Waals surface area contributed by atoms with E-state index >= 15 is 0 Å². The van der Waals surface area contributed by atoms with Crippen LogP contribution in [0.4, 0.5) is 5.82 Å². The van der Waals surface area contributed by atoms with Gasteiger partial charge in [0.2, 0.25) is 0 Å². The minimum Gasteiger partial charge on any atom is -0.382 e. The summed E-state index contributed by atoms with van der Waals surface area (Å²) in [7, 11) is 1.99. The van der Waals surface area contributed by atoms with Gasteiger partial charge in [-0.3, -0.25) is 4.68 Å². The Balaban J connectivity index is 2.15. The lowest BCUT2D eigenvalue weighted by atomic mass is 9.66. The molecule has 1 heterocycles. The molecular weight excluding hydrogens is 368 g/mol. The lowest BCUT2D eigenvalue weighted by Gasteiger charge is -2.37. The molecule has 0 bridgehead atoms. The molecule has 4 nitrogen and oxygen atoms in total. The number of rotatable bonds is 7. The highest BCUT2D eigenvalue weighted by atomic mass is 15.3. The molecule has 152 valence electrons. The maximum Gasteiger partial charge on any atom is 0.148 e. The normalized spacial score (nSPS) is 11.5. The average molecular weight is 397 g/mol. The number of nitrogens with zero attached hydrogens (tertiary/aromatic N) is 2. The molecule has 0 saturated heterocycles. The van der Waals surface area contributed by atoms with Crippen LogP contribution in [0.3, 0.4) is 0 Å². The van der Waals surface area contributed by atoms with Crippen molar-refractivity contribution >= 4 is 5.82 Å². The van der Waals surface area contributed by atoms with E-state index in [0.717, 1.165) is 24.1 Å².